The van der Waals surface area contributed by atoms with Gasteiger partial charge in [0.2, 0.25) is 0 Å². The van der Waals surface area contributed by atoms with E-state index in [1.54, 1.807) is 26.2 Å². The lowest BCUT2D eigenvalue weighted by atomic mass is 9.90. The van der Waals surface area contributed by atoms with Gasteiger partial charge in [-0.15, -0.1) is 0 Å². The number of hydrogen-bond donors (Lipinski definition) is 1. The summed E-state index contributed by atoms with van der Waals surface area (Å²) in [6.07, 6.45) is 6.56. The number of carbonyl (C=O) groups is 1. The maximum Gasteiger partial charge on any atom is 0.294 e. The van der Waals surface area contributed by atoms with Gasteiger partial charge in [0, 0.05) is 32.9 Å². The molecule has 1 aliphatic rings. The number of unbranched alkanes of at least 4 members (excludes halogenated alkanes) is 1. The van der Waals surface area contributed by atoms with Crippen molar-refractivity contribution in [2.75, 3.05) is 32.1 Å². The summed E-state index contributed by atoms with van der Waals surface area (Å²) in [4.78, 5) is 16.0. The number of anilines is 1. The number of halogens is 1. The average molecular weight is 479 g/mol. The van der Waals surface area contributed by atoms with E-state index < -0.39 is 10.1 Å². The van der Waals surface area contributed by atoms with E-state index >= 15 is 0 Å². The van der Waals surface area contributed by atoms with Crippen molar-refractivity contribution in [1.29, 1.82) is 0 Å². The molecule has 0 bridgehead atoms. The van der Waals surface area contributed by atoms with E-state index in [-0.39, 0.29) is 10.8 Å². The molecule has 1 fully saturated rings. The molecule has 1 aliphatic heterocycles. The molecule has 0 saturated carbocycles. The van der Waals surface area contributed by atoms with Crippen LogP contribution in [-0.2, 0) is 16.5 Å². The van der Waals surface area contributed by atoms with Crippen LogP contribution in [0.3, 0.4) is 0 Å². The number of nitrogens with zero attached hydrogens (tertiary/aromatic N) is 2. The van der Waals surface area contributed by atoms with Crippen LogP contribution in [0.2, 0.25) is 5.02 Å². The summed E-state index contributed by atoms with van der Waals surface area (Å²) in [7, 11) is -0.686. The zero-order chi connectivity index (χ0) is 23.3. The summed E-state index contributed by atoms with van der Waals surface area (Å²) in [5, 5.41) is 0.493. The van der Waals surface area contributed by atoms with E-state index in [0.29, 0.717) is 16.5 Å². The lowest BCUT2D eigenvalue weighted by Gasteiger charge is -2.34. The SMILES string of the molecule is CN(C)C(=O)c1ccc(N2CCC(CCCCc3ccc(S(=O)(=O)O)cc3)CC2)cc1Cl. The van der Waals surface area contributed by atoms with Crippen molar-refractivity contribution in [3.05, 3.63) is 58.6 Å². The molecule has 2 aromatic rings. The standard InChI is InChI=1S/C24H31ClN2O4S/c1-26(2)24(28)22-12-9-20(17-23(22)25)27-15-13-19(14-16-27)6-4-3-5-18-7-10-21(11-8-18)32(29,30)31/h7-12,17,19H,3-6,13-16H2,1-2H3,(H,29,30,31). The number of aryl methyl sites for hydroxylation is 1. The predicted octanol–water partition coefficient (Wildman–Crippen LogP) is 4.92. The highest BCUT2D eigenvalue weighted by Gasteiger charge is 2.21. The van der Waals surface area contributed by atoms with E-state index in [1.807, 2.05) is 18.2 Å². The quantitative estimate of drug-likeness (QED) is 0.430. The van der Waals surface area contributed by atoms with Crippen LogP contribution >= 0.6 is 11.6 Å². The molecule has 0 radical (unpaired) electrons. The second-order valence-electron chi connectivity index (χ2n) is 8.66. The van der Waals surface area contributed by atoms with Crippen molar-refractivity contribution >= 4 is 33.3 Å². The summed E-state index contributed by atoms with van der Waals surface area (Å²) in [6.45, 7) is 1.97. The number of carbonyl (C=O) groups excluding carboxylic acids is 1. The third-order valence-corrected chi connectivity index (χ3v) is 7.30. The molecule has 1 amide bonds. The Morgan fingerprint density at radius 1 is 1.09 bits per heavy atom. The molecule has 8 heteroatoms. The molecule has 32 heavy (non-hydrogen) atoms. The van der Waals surface area contributed by atoms with Crippen LogP contribution in [-0.4, -0.2) is 51.0 Å². The van der Waals surface area contributed by atoms with Gasteiger partial charge in [0.05, 0.1) is 15.5 Å². The molecule has 0 spiro atoms. The minimum Gasteiger partial charge on any atom is -0.371 e. The van der Waals surface area contributed by atoms with E-state index in [0.717, 1.165) is 56.4 Å². The first-order valence-corrected chi connectivity index (χ1v) is 12.8. The fourth-order valence-electron chi connectivity index (χ4n) is 4.19. The van der Waals surface area contributed by atoms with Crippen LogP contribution in [0.15, 0.2) is 47.4 Å². The fourth-order valence-corrected chi connectivity index (χ4v) is 4.92. The lowest BCUT2D eigenvalue weighted by molar-refractivity contribution is 0.0828. The average Bonchev–Trinajstić information content (AvgIpc) is 2.76. The molecule has 1 N–H and O–H groups in total. The Hall–Kier alpha value is -2.09. The number of amides is 1. The molecule has 174 valence electrons. The molecular formula is C24H31ClN2O4S. The van der Waals surface area contributed by atoms with Gasteiger partial charge < -0.3 is 9.80 Å². The van der Waals surface area contributed by atoms with E-state index in [9.17, 15) is 13.2 Å². The van der Waals surface area contributed by atoms with E-state index in [1.165, 1.54) is 23.5 Å². The molecule has 0 unspecified atom stereocenters. The van der Waals surface area contributed by atoms with Crippen LogP contribution in [0.4, 0.5) is 5.69 Å². The summed E-state index contributed by atoms with van der Waals surface area (Å²) < 4.78 is 31.3. The molecule has 1 saturated heterocycles. The lowest BCUT2D eigenvalue weighted by Crippen LogP contribution is -2.33. The molecule has 1 heterocycles. The second-order valence-corrected chi connectivity index (χ2v) is 10.5. The topological polar surface area (TPSA) is 77.9 Å². The maximum absolute atomic E-state index is 12.2. The zero-order valence-electron chi connectivity index (χ0n) is 18.6. The Kier molecular flexibility index (Phi) is 8.20. The highest BCUT2D eigenvalue weighted by Crippen LogP contribution is 2.30. The van der Waals surface area contributed by atoms with E-state index in [4.69, 9.17) is 16.2 Å². The highest BCUT2D eigenvalue weighted by molar-refractivity contribution is 7.85. The van der Waals surface area contributed by atoms with Crippen LogP contribution in [0, 0.1) is 5.92 Å². The molecule has 6 nitrogen and oxygen atoms in total. The first-order chi connectivity index (χ1) is 15.1. The van der Waals surface area contributed by atoms with Crippen molar-refractivity contribution in [2.45, 2.75) is 43.4 Å². The van der Waals surface area contributed by atoms with Gasteiger partial charge in [0.1, 0.15) is 0 Å². The number of piperidine rings is 1. The number of hydrogen-bond acceptors (Lipinski definition) is 4. The predicted molar refractivity (Wildman–Crippen MR) is 128 cm³/mol. The monoisotopic (exact) mass is 478 g/mol. The normalized spacial score (nSPS) is 15.1. The number of benzene rings is 2. The van der Waals surface area contributed by atoms with Crippen LogP contribution in [0.25, 0.3) is 0 Å². The largest absolute Gasteiger partial charge is 0.371 e. The van der Waals surface area contributed by atoms with Gasteiger partial charge in [-0.3, -0.25) is 9.35 Å². The van der Waals surface area contributed by atoms with Crippen molar-refractivity contribution in [1.82, 2.24) is 4.90 Å². The van der Waals surface area contributed by atoms with Crippen molar-refractivity contribution in [3.8, 4) is 0 Å². The Morgan fingerprint density at radius 2 is 1.75 bits per heavy atom. The Morgan fingerprint density at radius 3 is 2.31 bits per heavy atom. The second kappa shape index (κ2) is 10.7. The van der Waals surface area contributed by atoms with Gasteiger partial charge in [-0.25, -0.2) is 0 Å². The summed E-state index contributed by atoms with van der Waals surface area (Å²) in [5.74, 6) is 0.618. The van der Waals surface area contributed by atoms with E-state index in [2.05, 4.69) is 4.90 Å². The van der Waals surface area contributed by atoms with Gasteiger partial charge in [-0.2, -0.15) is 8.42 Å². The van der Waals surface area contributed by atoms with Gasteiger partial charge in [0.25, 0.3) is 16.0 Å². The third kappa shape index (κ3) is 6.47. The van der Waals surface area contributed by atoms with Crippen LogP contribution < -0.4 is 4.90 Å². The Balaban J connectivity index is 1.41. The first kappa shape index (κ1) is 24.6. The van der Waals surface area contributed by atoms with Gasteiger partial charge in [0.15, 0.2) is 0 Å². The van der Waals surface area contributed by atoms with Crippen molar-refractivity contribution < 1.29 is 17.8 Å². The molecule has 0 aromatic heterocycles. The molecule has 3 rings (SSSR count). The summed E-state index contributed by atoms with van der Waals surface area (Å²) >= 11 is 6.37. The van der Waals surface area contributed by atoms with Crippen LogP contribution in [0.1, 0.15) is 48.0 Å². The summed E-state index contributed by atoms with van der Waals surface area (Å²) in [6, 6.07) is 12.1. The highest BCUT2D eigenvalue weighted by atomic mass is 35.5. The molecule has 2 aromatic carbocycles. The van der Waals surface area contributed by atoms with Gasteiger partial charge in [-0.1, -0.05) is 36.6 Å². The van der Waals surface area contributed by atoms with Crippen molar-refractivity contribution in [3.63, 3.8) is 0 Å². The minimum absolute atomic E-state index is 0.0618. The zero-order valence-corrected chi connectivity index (χ0v) is 20.2. The Labute approximate surface area is 195 Å². The smallest absolute Gasteiger partial charge is 0.294 e. The van der Waals surface area contributed by atoms with Gasteiger partial charge in [-0.05, 0) is 67.5 Å². The number of rotatable bonds is 8. The van der Waals surface area contributed by atoms with Crippen molar-refractivity contribution in [2.24, 2.45) is 5.92 Å². The molecular weight excluding hydrogens is 448 g/mol. The molecule has 0 aliphatic carbocycles. The maximum atomic E-state index is 12.2. The van der Waals surface area contributed by atoms with Crippen LogP contribution in [0.5, 0.6) is 0 Å². The van der Waals surface area contributed by atoms with Gasteiger partial charge >= 0.3 is 0 Å². The fraction of sp³-hybridized carbons (Fsp3) is 0.458. The third-order valence-electron chi connectivity index (χ3n) is 6.12. The minimum atomic E-state index is -4.12. The Bertz CT molecular complexity index is 1030. The molecule has 0 atom stereocenters. The first-order valence-electron chi connectivity index (χ1n) is 11.0. The summed E-state index contributed by atoms with van der Waals surface area (Å²) in [5.41, 5.74) is 2.68.